The van der Waals surface area contributed by atoms with Crippen LogP contribution in [0.2, 0.25) is 0 Å². The van der Waals surface area contributed by atoms with Gasteiger partial charge in [0.15, 0.2) is 5.82 Å². The summed E-state index contributed by atoms with van der Waals surface area (Å²) in [6.45, 7) is 2.47. The van der Waals surface area contributed by atoms with Gasteiger partial charge >= 0.3 is 0 Å². The van der Waals surface area contributed by atoms with Gasteiger partial charge in [-0.1, -0.05) is 0 Å². The highest BCUT2D eigenvalue weighted by Crippen LogP contribution is 2.26. The number of rotatable bonds is 4. The first kappa shape index (κ1) is 13.3. The second-order valence-corrected chi connectivity index (χ2v) is 5.88. The highest BCUT2D eigenvalue weighted by atomic mass is 32.1. The van der Waals surface area contributed by atoms with E-state index in [0.29, 0.717) is 0 Å². The summed E-state index contributed by atoms with van der Waals surface area (Å²) in [5.74, 6) is 0.976. The van der Waals surface area contributed by atoms with Crippen molar-refractivity contribution in [3.63, 3.8) is 0 Å². The third-order valence-corrected chi connectivity index (χ3v) is 4.27. The van der Waals surface area contributed by atoms with Crippen molar-refractivity contribution >= 4 is 22.8 Å². The minimum atomic E-state index is -0.163. The van der Waals surface area contributed by atoms with Gasteiger partial charge in [-0.15, -0.1) is 11.3 Å². The summed E-state index contributed by atoms with van der Waals surface area (Å²) in [7, 11) is 0. The van der Waals surface area contributed by atoms with Gasteiger partial charge in [0.25, 0.3) is 0 Å². The monoisotopic (exact) mass is 290 g/mol. The van der Waals surface area contributed by atoms with E-state index >= 15 is 0 Å². The summed E-state index contributed by atoms with van der Waals surface area (Å²) in [6.07, 6.45) is 5.16. The number of hydrogen-bond acceptors (Lipinski definition) is 6. The first-order valence-corrected chi connectivity index (χ1v) is 7.70. The largest absolute Gasteiger partial charge is 0.393 e. The molecule has 1 saturated heterocycles. The van der Waals surface area contributed by atoms with Crippen LogP contribution < -0.4 is 10.2 Å². The smallest absolute Gasteiger partial charge is 0.151 e. The van der Waals surface area contributed by atoms with Crippen molar-refractivity contribution in [2.24, 2.45) is 0 Å². The minimum absolute atomic E-state index is 0.163. The van der Waals surface area contributed by atoms with Gasteiger partial charge in [-0.25, -0.2) is 4.98 Å². The fourth-order valence-corrected chi connectivity index (χ4v) is 2.91. The van der Waals surface area contributed by atoms with Crippen molar-refractivity contribution in [3.8, 4) is 0 Å². The van der Waals surface area contributed by atoms with E-state index in [0.717, 1.165) is 44.0 Å². The van der Waals surface area contributed by atoms with Crippen molar-refractivity contribution in [2.45, 2.75) is 25.5 Å². The molecule has 3 heterocycles. The lowest BCUT2D eigenvalue weighted by molar-refractivity contribution is 0.145. The third kappa shape index (κ3) is 3.08. The molecule has 3 rings (SSSR count). The normalized spacial score (nSPS) is 16.4. The molecular formula is C14H18N4OS. The fourth-order valence-electron chi connectivity index (χ4n) is 2.38. The van der Waals surface area contributed by atoms with E-state index in [9.17, 15) is 5.11 Å². The standard InChI is InChI=1S/C14H18N4OS/c19-11-3-6-18(7-4-11)14-13(2-1-5-16-14)17-9-12-8-15-10-20-12/h1-2,5,8,10-11,17,19H,3-4,6-7,9H2. The van der Waals surface area contributed by atoms with E-state index in [4.69, 9.17) is 0 Å². The summed E-state index contributed by atoms with van der Waals surface area (Å²) in [4.78, 5) is 12.0. The molecule has 0 aromatic carbocycles. The molecule has 6 heteroatoms. The minimum Gasteiger partial charge on any atom is -0.393 e. The lowest BCUT2D eigenvalue weighted by Gasteiger charge is -2.31. The molecule has 2 aromatic rings. The second kappa shape index (κ2) is 6.19. The molecule has 0 saturated carbocycles. The maximum atomic E-state index is 9.60. The van der Waals surface area contributed by atoms with Crippen LogP contribution in [0.1, 0.15) is 17.7 Å². The van der Waals surface area contributed by atoms with Crippen LogP contribution in [-0.4, -0.2) is 34.3 Å². The maximum absolute atomic E-state index is 9.60. The van der Waals surface area contributed by atoms with Gasteiger partial charge in [0.2, 0.25) is 0 Å². The Bertz CT molecular complexity index is 538. The Kier molecular flexibility index (Phi) is 4.13. The number of hydrogen-bond donors (Lipinski definition) is 2. The fraction of sp³-hybridized carbons (Fsp3) is 0.429. The molecule has 0 atom stereocenters. The molecule has 0 bridgehead atoms. The molecule has 0 amide bonds. The number of aromatic nitrogens is 2. The Morgan fingerprint density at radius 3 is 3.00 bits per heavy atom. The van der Waals surface area contributed by atoms with Gasteiger partial charge in [-0.3, -0.25) is 4.98 Å². The summed E-state index contributed by atoms with van der Waals surface area (Å²) < 4.78 is 0. The molecule has 20 heavy (non-hydrogen) atoms. The van der Waals surface area contributed by atoms with Crippen molar-refractivity contribution < 1.29 is 5.11 Å². The lowest BCUT2D eigenvalue weighted by Crippen LogP contribution is -2.36. The second-order valence-electron chi connectivity index (χ2n) is 4.91. The van der Waals surface area contributed by atoms with Crippen LogP contribution in [0.5, 0.6) is 0 Å². The van der Waals surface area contributed by atoms with Gasteiger partial charge in [0, 0.05) is 30.4 Å². The Balaban J connectivity index is 1.71. The van der Waals surface area contributed by atoms with Crippen LogP contribution in [0, 0.1) is 0 Å². The van der Waals surface area contributed by atoms with Gasteiger partial charge < -0.3 is 15.3 Å². The van der Waals surface area contributed by atoms with Crippen molar-refractivity contribution in [3.05, 3.63) is 34.9 Å². The number of piperidine rings is 1. The summed E-state index contributed by atoms with van der Waals surface area (Å²) in [5.41, 5.74) is 2.88. The lowest BCUT2D eigenvalue weighted by atomic mass is 10.1. The molecular weight excluding hydrogens is 272 g/mol. The quantitative estimate of drug-likeness (QED) is 0.903. The van der Waals surface area contributed by atoms with Crippen LogP contribution in [0.25, 0.3) is 0 Å². The van der Waals surface area contributed by atoms with E-state index in [2.05, 4.69) is 26.3 Å². The average Bonchev–Trinajstić information content (AvgIpc) is 3.00. The zero-order chi connectivity index (χ0) is 13.8. The van der Waals surface area contributed by atoms with E-state index < -0.39 is 0 Å². The average molecular weight is 290 g/mol. The molecule has 2 N–H and O–H groups in total. The van der Waals surface area contributed by atoms with Gasteiger partial charge in [-0.05, 0) is 25.0 Å². The molecule has 1 fully saturated rings. The Morgan fingerprint density at radius 1 is 1.40 bits per heavy atom. The Labute approximate surface area is 122 Å². The predicted molar refractivity (Wildman–Crippen MR) is 81.1 cm³/mol. The van der Waals surface area contributed by atoms with E-state index in [-0.39, 0.29) is 6.10 Å². The summed E-state index contributed by atoms with van der Waals surface area (Å²) in [5, 5.41) is 13.0. The molecule has 0 unspecified atom stereocenters. The van der Waals surface area contributed by atoms with Crippen molar-refractivity contribution in [1.29, 1.82) is 0 Å². The first-order chi connectivity index (χ1) is 9.83. The molecule has 0 radical (unpaired) electrons. The molecule has 0 spiro atoms. The Morgan fingerprint density at radius 2 is 2.25 bits per heavy atom. The SMILES string of the molecule is OC1CCN(c2ncccc2NCc2cncs2)CC1. The third-order valence-electron chi connectivity index (χ3n) is 3.49. The van der Waals surface area contributed by atoms with Crippen molar-refractivity contribution in [2.75, 3.05) is 23.3 Å². The topological polar surface area (TPSA) is 61.3 Å². The van der Waals surface area contributed by atoms with Crippen LogP contribution >= 0.6 is 11.3 Å². The number of thiazole rings is 1. The summed E-state index contributed by atoms with van der Waals surface area (Å²) >= 11 is 1.64. The van der Waals surface area contributed by atoms with Gasteiger partial charge in [0.1, 0.15) is 0 Å². The van der Waals surface area contributed by atoms with Crippen LogP contribution in [0.15, 0.2) is 30.0 Å². The van der Waals surface area contributed by atoms with Gasteiger partial charge in [0.05, 0.1) is 23.8 Å². The number of nitrogens with one attached hydrogen (secondary N) is 1. The van der Waals surface area contributed by atoms with Crippen LogP contribution in [0.3, 0.4) is 0 Å². The molecule has 106 valence electrons. The highest BCUT2D eigenvalue weighted by molar-refractivity contribution is 7.09. The number of aliphatic hydroxyl groups is 1. The number of anilines is 2. The van der Waals surface area contributed by atoms with E-state index in [1.54, 1.807) is 11.3 Å². The number of pyridine rings is 1. The zero-order valence-corrected chi connectivity index (χ0v) is 12.0. The first-order valence-electron chi connectivity index (χ1n) is 6.82. The number of nitrogens with zero attached hydrogens (tertiary/aromatic N) is 3. The Hall–Kier alpha value is -1.66. The molecule has 2 aromatic heterocycles. The van der Waals surface area contributed by atoms with Crippen LogP contribution in [-0.2, 0) is 6.54 Å². The molecule has 1 aliphatic heterocycles. The maximum Gasteiger partial charge on any atom is 0.151 e. The zero-order valence-electron chi connectivity index (χ0n) is 11.2. The summed E-state index contributed by atoms with van der Waals surface area (Å²) in [6, 6.07) is 3.99. The van der Waals surface area contributed by atoms with Crippen LogP contribution in [0.4, 0.5) is 11.5 Å². The van der Waals surface area contributed by atoms with E-state index in [1.807, 2.05) is 24.0 Å². The predicted octanol–water partition coefficient (Wildman–Crippen LogP) is 2.11. The molecule has 0 aliphatic carbocycles. The van der Waals surface area contributed by atoms with Gasteiger partial charge in [-0.2, -0.15) is 0 Å². The number of aliphatic hydroxyl groups excluding tert-OH is 1. The van der Waals surface area contributed by atoms with Crippen molar-refractivity contribution in [1.82, 2.24) is 9.97 Å². The molecule has 1 aliphatic rings. The highest BCUT2D eigenvalue weighted by Gasteiger charge is 2.20. The van der Waals surface area contributed by atoms with E-state index in [1.165, 1.54) is 4.88 Å². The molecule has 5 nitrogen and oxygen atoms in total.